The zero-order valence-electron chi connectivity index (χ0n) is 15.2. The second-order valence-electron chi connectivity index (χ2n) is 6.53. The van der Waals surface area contributed by atoms with Crippen LogP contribution in [-0.4, -0.2) is 35.1 Å². The van der Waals surface area contributed by atoms with E-state index in [1.54, 1.807) is 7.11 Å². The summed E-state index contributed by atoms with van der Waals surface area (Å²) in [7, 11) is 1.68. The highest BCUT2D eigenvalue weighted by Gasteiger charge is 2.11. The van der Waals surface area contributed by atoms with E-state index < -0.39 is 0 Å². The number of hydrogen-bond donors (Lipinski definition) is 2. The van der Waals surface area contributed by atoms with Gasteiger partial charge in [-0.2, -0.15) is 5.10 Å². The standard InChI is InChI=1S/C21H25N3O2/c1-15-12-23-24(13-15)19-6-4-18(5-7-19)20-10-16(3-8-21(20)26-2)9-17(11-22)14-25/h3-8,10,12-13,17,25H,9,11,14,22H2,1-2H3. The molecule has 0 aliphatic rings. The highest BCUT2D eigenvalue weighted by atomic mass is 16.5. The van der Waals surface area contributed by atoms with E-state index in [0.717, 1.165) is 40.1 Å². The molecule has 0 aliphatic heterocycles. The molecular weight excluding hydrogens is 326 g/mol. The molecule has 3 rings (SSSR count). The summed E-state index contributed by atoms with van der Waals surface area (Å²) in [6.07, 6.45) is 4.59. The fourth-order valence-electron chi connectivity index (χ4n) is 3.01. The first-order valence-electron chi connectivity index (χ1n) is 8.74. The Kier molecular flexibility index (Phi) is 5.71. The van der Waals surface area contributed by atoms with Crippen LogP contribution in [0.15, 0.2) is 54.9 Å². The van der Waals surface area contributed by atoms with Crippen molar-refractivity contribution in [3.63, 3.8) is 0 Å². The summed E-state index contributed by atoms with van der Waals surface area (Å²) in [6, 6.07) is 14.3. The third-order valence-corrected chi connectivity index (χ3v) is 4.53. The summed E-state index contributed by atoms with van der Waals surface area (Å²) in [5.74, 6) is 0.895. The first kappa shape index (κ1) is 18.2. The average Bonchev–Trinajstić information content (AvgIpc) is 3.12. The Labute approximate surface area is 154 Å². The zero-order chi connectivity index (χ0) is 18.5. The fourth-order valence-corrected chi connectivity index (χ4v) is 3.01. The highest BCUT2D eigenvalue weighted by Crippen LogP contribution is 2.32. The summed E-state index contributed by atoms with van der Waals surface area (Å²) in [6.45, 7) is 2.58. The molecule has 26 heavy (non-hydrogen) atoms. The monoisotopic (exact) mass is 351 g/mol. The maximum Gasteiger partial charge on any atom is 0.126 e. The lowest BCUT2D eigenvalue weighted by atomic mass is 9.95. The molecule has 0 radical (unpaired) electrons. The molecule has 3 aromatic rings. The SMILES string of the molecule is COc1ccc(CC(CN)CO)cc1-c1ccc(-n2cc(C)cn2)cc1. The molecule has 136 valence electrons. The maximum atomic E-state index is 9.40. The molecular formula is C21H25N3O2. The van der Waals surface area contributed by atoms with Gasteiger partial charge in [-0.25, -0.2) is 4.68 Å². The van der Waals surface area contributed by atoms with Crippen LogP contribution in [0, 0.1) is 12.8 Å². The number of hydrogen-bond acceptors (Lipinski definition) is 4. The van der Waals surface area contributed by atoms with E-state index in [1.165, 1.54) is 0 Å². The minimum Gasteiger partial charge on any atom is -0.496 e. The van der Waals surface area contributed by atoms with Gasteiger partial charge in [-0.3, -0.25) is 0 Å². The number of aliphatic hydroxyl groups is 1. The van der Waals surface area contributed by atoms with Gasteiger partial charge in [-0.05, 0) is 66.8 Å². The molecule has 0 spiro atoms. The Morgan fingerprint density at radius 2 is 1.96 bits per heavy atom. The molecule has 0 bridgehead atoms. The van der Waals surface area contributed by atoms with Gasteiger partial charge >= 0.3 is 0 Å². The molecule has 1 atom stereocenters. The van der Waals surface area contributed by atoms with Gasteiger partial charge in [0.05, 0.1) is 19.0 Å². The minimum atomic E-state index is 0.0710. The number of benzene rings is 2. The van der Waals surface area contributed by atoms with Crippen molar-refractivity contribution in [2.45, 2.75) is 13.3 Å². The van der Waals surface area contributed by atoms with Gasteiger partial charge in [-0.15, -0.1) is 0 Å². The predicted molar refractivity (Wildman–Crippen MR) is 104 cm³/mol. The lowest BCUT2D eigenvalue weighted by molar-refractivity contribution is 0.230. The Morgan fingerprint density at radius 1 is 1.19 bits per heavy atom. The summed E-state index contributed by atoms with van der Waals surface area (Å²) < 4.78 is 7.40. The van der Waals surface area contributed by atoms with Gasteiger partial charge < -0.3 is 15.6 Å². The molecule has 0 saturated carbocycles. The fraction of sp³-hybridized carbons (Fsp3) is 0.286. The van der Waals surface area contributed by atoms with Gasteiger partial charge in [0.25, 0.3) is 0 Å². The third-order valence-electron chi connectivity index (χ3n) is 4.53. The normalized spacial score (nSPS) is 12.2. The van der Waals surface area contributed by atoms with Gasteiger partial charge in [-0.1, -0.05) is 18.2 Å². The maximum absolute atomic E-state index is 9.40. The lowest BCUT2D eigenvalue weighted by Gasteiger charge is -2.15. The summed E-state index contributed by atoms with van der Waals surface area (Å²) in [5, 5.41) is 13.7. The van der Waals surface area contributed by atoms with Gasteiger partial charge in [0.15, 0.2) is 0 Å². The van der Waals surface area contributed by atoms with Crippen LogP contribution in [0.2, 0.25) is 0 Å². The molecule has 3 N–H and O–H groups in total. The number of aryl methyl sites for hydroxylation is 1. The van der Waals surface area contributed by atoms with Crippen LogP contribution in [0.5, 0.6) is 5.75 Å². The van der Waals surface area contributed by atoms with Crippen molar-refractivity contribution in [2.75, 3.05) is 20.3 Å². The molecule has 5 heteroatoms. The number of nitrogens with two attached hydrogens (primary N) is 1. The Bertz CT molecular complexity index is 852. The molecule has 1 aromatic heterocycles. The smallest absolute Gasteiger partial charge is 0.126 e. The number of aliphatic hydroxyl groups excluding tert-OH is 1. The van der Waals surface area contributed by atoms with Crippen LogP contribution in [0.25, 0.3) is 16.8 Å². The molecule has 1 unspecified atom stereocenters. The number of ether oxygens (including phenoxy) is 1. The largest absolute Gasteiger partial charge is 0.496 e. The van der Waals surface area contributed by atoms with Crippen molar-refractivity contribution in [1.29, 1.82) is 0 Å². The minimum absolute atomic E-state index is 0.0710. The Hall–Kier alpha value is -2.63. The number of nitrogens with zero attached hydrogens (tertiary/aromatic N) is 2. The highest BCUT2D eigenvalue weighted by molar-refractivity contribution is 5.72. The van der Waals surface area contributed by atoms with E-state index >= 15 is 0 Å². The molecule has 0 aliphatic carbocycles. The molecule has 0 fully saturated rings. The first-order chi connectivity index (χ1) is 12.6. The Morgan fingerprint density at radius 3 is 2.54 bits per heavy atom. The number of methoxy groups -OCH3 is 1. The third kappa shape index (κ3) is 3.95. The molecule has 5 nitrogen and oxygen atoms in total. The quantitative estimate of drug-likeness (QED) is 0.686. The van der Waals surface area contributed by atoms with Crippen LogP contribution >= 0.6 is 0 Å². The van der Waals surface area contributed by atoms with Crippen molar-refractivity contribution in [3.8, 4) is 22.6 Å². The van der Waals surface area contributed by atoms with Crippen molar-refractivity contribution in [3.05, 3.63) is 66.0 Å². The average molecular weight is 351 g/mol. The predicted octanol–water partition coefficient (Wildman–Crippen LogP) is 2.97. The van der Waals surface area contributed by atoms with Crippen molar-refractivity contribution in [2.24, 2.45) is 11.7 Å². The van der Waals surface area contributed by atoms with Crippen LogP contribution < -0.4 is 10.5 Å². The molecule has 1 heterocycles. The second kappa shape index (κ2) is 8.17. The Balaban J connectivity index is 1.91. The summed E-state index contributed by atoms with van der Waals surface area (Å²) >= 11 is 0. The second-order valence-corrected chi connectivity index (χ2v) is 6.53. The van der Waals surface area contributed by atoms with E-state index in [0.29, 0.717) is 6.54 Å². The van der Waals surface area contributed by atoms with Crippen LogP contribution in [-0.2, 0) is 6.42 Å². The molecule has 0 amide bonds. The van der Waals surface area contributed by atoms with Crippen LogP contribution in [0.3, 0.4) is 0 Å². The zero-order valence-corrected chi connectivity index (χ0v) is 15.2. The van der Waals surface area contributed by atoms with Gasteiger partial charge in [0.1, 0.15) is 5.75 Å². The van der Waals surface area contributed by atoms with E-state index in [1.807, 2.05) is 48.3 Å². The van der Waals surface area contributed by atoms with E-state index in [-0.39, 0.29) is 12.5 Å². The topological polar surface area (TPSA) is 73.3 Å². The van der Waals surface area contributed by atoms with E-state index in [9.17, 15) is 5.11 Å². The van der Waals surface area contributed by atoms with Crippen LogP contribution in [0.1, 0.15) is 11.1 Å². The van der Waals surface area contributed by atoms with Gasteiger partial charge in [0, 0.05) is 18.4 Å². The number of rotatable bonds is 7. The molecule has 2 aromatic carbocycles. The van der Waals surface area contributed by atoms with Crippen molar-refractivity contribution in [1.82, 2.24) is 9.78 Å². The summed E-state index contributed by atoms with van der Waals surface area (Å²) in [5.41, 5.74) is 11.1. The van der Waals surface area contributed by atoms with Gasteiger partial charge in [0.2, 0.25) is 0 Å². The van der Waals surface area contributed by atoms with Crippen LogP contribution in [0.4, 0.5) is 0 Å². The van der Waals surface area contributed by atoms with E-state index in [2.05, 4.69) is 23.3 Å². The lowest BCUT2D eigenvalue weighted by Crippen LogP contribution is -2.20. The van der Waals surface area contributed by atoms with Crippen molar-refractivity contribution < 1.29 is 9.84 Å². The van der Waals surface area contributed by atoms with Crippen molar-refractivity contribution >= 4 is 0 Å². The molecule has 0 saturated heterocycles. The van der Waals surface area contributed by atoms with E-state index in [4.69, 9.17) is 10.5 Å². The number of aromatic nitrogens is 2. The summed E-state index contributed by atoms with van der Waals surface area (Å²) in [4.78, 5) is 0. The first-order valence-corrected chi connectivity index (χ1v) is 8.74.